The minimum atomic E-state index is -3.76. The highest BCUT2D eigenvalue weighted by Crippen LogP contribution is 2.34. The highest BCUT2D eigenvalue weighted by molar-refractivity contribution is 7.91. The van der Waals surface area contributed by atoms with Gasteiger partial charge in [-0.1, -0.05) is 5.16 Å². The molecule has 0 spiro atoms. The lowest BCUT2D eigenvalue weighted by Crippen LogP contribution is -2.42. The van der Waals surface area contributed by atoms with Gasteiger partial charge in [-0.15, -0.1) is 11.3 Å². The van der Waals surface area contributed by atoms with Crippen molar-refractivity contribution in [1.82, 2.24) is 9.46 Å². The molecule has 0 amide bonds. The number of esters is 2. The number of sulfonamides is 1. The van der Waals surface area contributed by atoms with E-state index in [9.17, 15) is 18.0 Å². The Morgan fingerprint density at radius 3 is 2.76 bits per heavy atom. The third kappa shape index (κ3) is 4.68. The molecule has 3 rings (SSSR count). The van der Waals surface area contributed by atoms with Crippen LogP contribution < -0.4 is 0 Å². The average molecular weight is 443 g/mol. The van der Waals surface area contributed by atoms with E-state index >= 15 is 0 Å². The molecule has 2 aromatic rings. The van der Waals surface area contributed by atoms with Crippen LogP contribution in [0.25, 0.3) is 10.6 Å². The molecule has 11 heteroatoms. The predicted molar refractivity (Wildman–Crippen MR) is 104 cm³/mol. The van der Waals surface area contributed by atoms with E-state index in [0.717, 1.165) is 11.3 Å². The van der Waals surface area contributed by atoms with E-state index in [-0.39, 0.29) is 41.4 Å². The van der Waals surface area contributed by atoms with Crippen LogP contribution in [0.5, 0.6) is 0 Å². The first-order valence-electron chi connectivity index (χ1n) is 9.27. The SMILES string of the molecule is CCOC(=O)c1cc(-c2ccc(S(=O)(=O)N3CCC[C@@H](C(=O)OCC)C3)s2)on1. The molecule has 0 bridgehead atoms. The van der Waals surface area contributed by atoms with Crippen molar-refractivity contribution < 1.29 is 32.0 Å². The van der Waals surface area contributed by atoms with Gasteiger partial charge in [-0.3, -0.25) is 4.79 Å². The van der Waals surface area contributed by atoms with Gasteiger partial charge in [-0.25, -0.2) is 13.2 Å². The summed E-state index contributed by atoms with van der Waals surface area (Å²) >= 11 is 1.01. The molecule has 2 aromatic heterocycles. The van der Waals surface area contributed by atoms with Crippen molar-refractivity contribution in [1.29, 1.82) is 0 Å². The summed E-state index contributed by atoms with van der Waals surface area (Å²) in [6.45, 7) is 4.33. The molecular weight excluding hydrogens is 420 g/mol. The molecule has 1 fully saturated rings. The second-order valence-corrected chi connectivity index (χ2v) is 9.62. The van der Waals surface area contributed by atoms with Gasteiger partial charge in [0.05, 0.1) is 24.0 Å². The Hall–Kier alpha value is -2.24. The summed E-state index contributed by atoms with van der Waals surface area (Å²) in [5.41, 5.74) is 0.0213. The van der Waals surface area contributed by atoms with Gasteiger partial charge in [0.25, 0.3) is 10.0 Å². The van der Waals surface area contributed by atoms with E-state index in [1.807, 2.05) is 0 Å². The largest absolute Gasteiger partial charge is 0.466 e. The maximum Gasteiger partial charge on any atom is 0.360 e. The second-order valence-electron chi connectivity index (χ2n) is 6.37. The van der Waals surface area contributed by atoms with Crippen LogP contribution in [0.2, 0.25) is 0 Å². The van der Waals surface area contributed by atoms with Gasteiger partial charge in [0.1, 0.15) is 4.21 Å². The van der Waals surface area contributed by atoms with Crippen molar-refractivity contribution in [2.75, 3.05) is 26.3 Å². The minimum absolute atomic E-state index is 0.0213. The summed E-state index contributed by atoms with van der Waals surface area (Å²) < 4.78 is 42.5. The number of nitrogens with zero attached hydrogens (tertiary/aromatic N) is 2. The van der Waals surface area contributed by atoms with E-state index < -0.39 is 21.9 Å². The fraction of sp³-hybridized carbons (Fsp3) is 0.500. The quantitative estimate of drug-likeness (QED) is 0.601. The number of carbonyl (C=O) groups is 2. The molecule has 0 aliphatic carbocycles. The second kappa shape index (κ2) is 9.06. The first kappa shape index (κ1) is 21.5. The fourth-order valence-electron chi connectivity index (χ4n) is 3.02. The van der Waals surface area contributed by atoms with Crippen LogP contribution in [0, 0.1) is 5.92 Å². The van der Waals surface area contributed by atoms with E-state index in [1.54, 1.807) is 19.9 Å². The highest BCUT2D eigenvalue weighted by Gasteiger charge is 2.35. The zero-order valence-electron chi connectivity index (χ0n) is 16.1. The molecular formula is C18H22N2O7S2. The third-order valence-electron chi connectivity index (χ3n) is 4.42. The number of carbonyl (C=O) groups excluding carboxylic acids is 2. The molecule has 9 nitrogen and oxygen atoms in total. The summed E-state index contributed by atoms with van der Waals surface area (Å²) in [5, 5.41) is 3.67. The normalized spacial score (nSPS) is 17.8. The first-order chi connectivity index (χ1) is 13.9. The Labute approximate surface area is 172 Å². The van der Waals surface area contributed by atoms with Gasteiger partial charge in [0, 0.05) is 19.2 Å². The van der Waals surface area contributed by atoms with Gasteiger partial charge in [0.2, 0.25) is 0 Å². The van der Waals surface area contributed by atoms with Gasteiger partial charge in [-0.2, -0.15) is 4.31 Å². The highest BCUT2D eigenvalue weighted by atomic mass is 32.2. The Morgan fingerprint density at radius 2 is 2.03 bits per heavy atom. The lowest BCUT2D eigenvalue weighted by atomic mass is 10.0. The lowest BCUT2D eigenvalue weighted by Gasteiger charge is -2.30. The predicted octanol–water partition coefficient (Wildman–Crippen LogP) is 2.54. The van der Waals surface area contributed by atoms with Crippen molar-refractivity contribution >= 4 is 33.3 Å². The summed E-state index contributed by atoms with van der Waals surface area (Å²) in [7, 11) is -3.76. The average Bonchev–Trinajstić information content (AvgIpc) is 3.38. The van der Waals surface area contributed by atoms with Crippen molar-refractivity contribution in [3.8, 4) is 10.6 Å². The third-order valence-corrected chi connectivity index (χ3v) is 7.85. The van der Waals surface area contributed by atoms with Crippen molar-refractivity contribution in [3.63, 3.8) is 0 Å². The first-order valence-corrected chi connectivity index (χ1v) is 11.5. The topological polar surface area (TPSA) is 116 Å². The van der Waals surface area contributed by atoms with E-state index in [1.165, 1.54) is 16.4 Å². The summed E-state index contributed by atoms with van der Waals surface area (Å²) in [6.07, 6.45) is 1.20. The molecule has 0 aromatic carbocycles. The fourth-order valence-corrected chi connectivity index (χ4v) is 5.96. The number of aromatic nitrogens is 1. The molecule has 0 saturated carbocycles. The molecule has 158 valence electrons. The zero-order chi connectivity index (χ0) is 21.0. The maximum atomic E-state index is 13.0. The van der Waals surface area contributed by atoms with Gasteiger partial charge < -0.3 is 14.0 Å². The number of ether oxygens (including phenoxy) is 2. The van der Waals surface area contributed by atoms with Gasteiger partial charge in [-0.05, 0) is 38.8 Å². The van der Waals surface area contributed by atoms with Crippen molar-refractivity contribution in [2.24, 2.45) is 5.92 Å². The summed E-state index contributed by atoms with van der Waals surface area (Å²) in [4.78, 5) is 24.2. The zero-order valence-corrected chi connectivity index (χ0v) is 17.8. The summed E-state index contributed by atoms with van der Waals surface area (Å²) in [5.74, 6) is -1.15. The molecule has 1 aliphatic heterocycles. The molecule has 0 unspecified atom stereocenters. The van der Waals surface area contributed by atoms with Gasteiger partial charge >= 0.3 is 11.9 Å². The molecule has 1 atom stereocenters. The van der Waals surface area contributed by atoms with Crippen molar-refractivity contribution in [3.05, 3.63) is 23.9 Å². The Kier molecular flexibility index (Phi) is 6.70. The van der Waals surface area contributed by atoms with Crippen molar-refractivity contribution in [2.45, 2.75) is 30.9 Å². The standard InChI is InChI=1S/C18H22N2O7S2/c1-3-25-17(21)12-6-5-9-20(11-12)29(23,24)16-8-7-15(28-16)14-10-13(19-27-14)18(22)26-4-2/h7-8,10,12H,3-6,9,11H2,1-2H3/t12-/m1/s1. The van der Waals surface area contributed by atoms with E-state index in [0.29, 0.717) is 24.3 Å². The van der Waals surface area contributed by atoms with Crippen LogP contribution in [-0.4, -0.2) is 56.1 Å². The molecule has 29 heavy (non-hydrogen) atoms. The van der Waals surface area contributed by atoms with Crippen LogP contribution >= 0.6 is 11.3 Å². The van der Waals surface area contributed by atoms with E-state index in [4.69, 9.17) is 14.0 Å². The van der Waals surface area contributed by atoms with Crippen LogP contribution in [0.15, 0.2) is 26.9 Å². The number of hydrogen-bond acceptors (Lipinski definition) is 9. The number of hydrogen-bond donors (Lipinski definition) is 0. The number of rotatable bonds is 7. The maximum absolute atomic E-state index is 13.0. The van der Waals surface area contributed by atoms with Crippen LogP contribution in [0.1, 0.15) is 37.2 Å². The molecule has 1 aliphatic rings. The number of piperidine rings is 1. The molecule has 3 heterocycles. The number of thiophene rings is 1. The molecule has 0 N–H and O–H groups in total. The van der Waals surface area contributed by atoms with E-state index in [2.05, 4.69) is 5.16 Å². The molecule has 0 radical (unpaired) electrons. The Morgan fingerprint density at radius 1 is 1.28 bits per heavy atom. The minimum Gasteiger partial charge on any atom is -0.466 e. The van der Waals surface area contributed by atoms with Crippen LogP contribution in [0.4, 0.5) is 0 Å². The Balaban J connectivity index is 1.77. The Bertz CT molecular complexity index is 980. The monoisotopic (exact) mass is 442 g/mol. The van der Waals surface area contributed by atoms with Crippen LogP contribution in [0.3, 0.4) is 0 Å². The van der Waals surface area contributed by atoms with Gasteiger partial charge in [0.15, 0.2) is 11.5 Å². The lowest BCUT2D eigenvalue weighted by molar-refractivity contribution is -0.149. The smallest absolute Gasteiger partial charge is 0.360 e. The van der Waals surface area contributed by atoms with Crippen LogP contribution in [-0.2, 0) is 24.3 Å². The summed E-state index contributed by atoms with van der Waals surface area (Å²) in [6, 6.07) is 4.49. The molecule has 1 saturated heterocycles.